The summed E-state index contributed by atoms with van der Waals surface area (Å²) >= 11 is 0. The number of rotatable bonds is 4. The lowest BCUT2D eigenvalue weighted by Crippen LogP contribution is -2.04. The molecule has 23 heavy (non-hydrogen) atoms. The first-order chi connectivity index (χ1) is 11.2. The maximum atomic E-state index is 9.23. The van der Waals surface area contributed by atoms with Crippen molar-refractivity contribution in [2.45, 2.75) is 13.3 Å². The Labute approximate surface area is 134 Å². The van der Waals surface area contributed by atoms with Crippen LogP contribution in [0.5, 0.6) is 0 Å². The monoisotopic (exact) mass is 306 g/mol. The van der Waals surface area contributed by atoms with Gasteiger partial charge in [-0.05, 0) is 31.0 Å². The number of nitrogens with two attached hydrogens (primary N) is 1. The van der Waals surface area contributed by atoms with Crippen molar-refractivity contribution in [2.24, 2.45) is 0 Å². The van der Waals surface area contributed by atoms with Gasteiger partial charge in [-0.15, -0.1) is 0 Å². The molecular weight excluding hydrogens is 288 g/mol. The Morgan fingerprint density at radius 1 is 1.39 bits per heavy atom. The number of benzene rings is 1. The number of nitrogens with one attached hydrogen (secondary N) is 1. The molecule has 0 spiro atoms. The molecule has 0 saturated carbocycles. The number of pyridine rings is 1. The van der Waals surface area contributed by atoms with Gasteiger partial charge in [-0.25, -0.2) is 0 Å². The van der Waals surface area contributed by atoms with E-state index in [0.29, 0.717) is 17.9 Å². The summed E-state index contributed by atoms with van der Waals surface area (Å²) in [5.41, 5.74) is 12.0. The molecule has 116 valence electrons. The van der Waals surface area contributed by atoms with E-state index >= 15 is 0 Å². The van der Waals surface area contributed by atoms with E-state index in [1.807, 2.05) is 31.3 Å². The number of fused-ring (bicyclic) bond motifs is 1. The van der Waals surface area contributed by atoms with Crippen molar-refractivity contribution in [3.8, 4) is 17.3 Å². The Balaban J connectivity index is 2.19. The second-order valence-corrected chi connectivity index (χ2v) is 5.47. The molecule has 0 fully saturated rings. The van der Waals surface area contributed by atoms with Crippen LogP contribution in [0.25, 0.3) is 22.2 Å². The number of nitrogens with zero attached hydrogens (tertiary/aromatic N) is 2. The first-order valence-corrected chi connectivity index (χ1v) is 7.41. The Bertz CT molecular complexity index is 905. The van der Waals surface area contributed by atoms with Crippen molar-refractivity contribution in [2.75, 3.05) is 19.5 Å². The number of hydrogen-bond acceptors (Lipinski definition) is 4. The zero-order valence-corrected chi connectivity index (χ0v) is 13.2. The molecule has 0 aliphatic carbocycles. The number of hydrogen-bond donors (Lipinski definition) is 2. The highest BCUT2D eigenvalue weighted by Gasteiger charge is 2.15. The normalized spacial score (nSPS) is 10.8. The number of aryl methyl sites for hydroxylation is 1. The Morgan fingerprint density at radius 3 is 2.96 bits per heavy atom. The predicted molar refractivity (Wildman–Crippen MR) is 91.0 cm³/mol. The molecule has 3 rings (SSSR count). The van der Waals surface area contributed by atoms with Gasteiger partial charge in [-0.2, -0.15) is 5.26 Å². The highest BCUT2D eigenvalue weighted by molar-refractivity contribution is 5.99. The summed E-state index contributed by atoms with van der Waals surface area (Å²) in [5, 5.41) is 10.2. The van der Waals surface area contributed by atoms with Gasteiger partial charge < -0.3 is 15.5 Å². The second-order valence-electron chi connectivity index (χ2n) is 5.47. The van der Waals surface area contributed by atoms with Gasteiger partial charge in [0.1, 0.15) is 6.07 Å². The largest absolute Gasteiger partial charge is 0.397 e. The van der Waals surface area contributed by atoms with E-state index in [4.69, 9.17) is 10.5 Å². The van der Waals surface area contributed by atoms with Gasteiger partial charge in [0.2, 0.25) is 0 Å². The number of nitriles is 1. The first kappa shape index (κ1) is 15.1. The van der Waals surface area contributed by atoms with E-state index in [-0.39, 0.29) is 0 Å². The molecule has 0 unspecified atom stereocenters. The minimum atomic E-state index is 0.611. The van der Waals surface area contributed by atoms with Crippen LogP contribution in [-0.4, -0.2) is 23.7 Å². The van der Waals surface area contributed by atoms with Gasteiger partial charge in [0.25, 0.3) is 0 Å². The van der Waals surface area contributed by atoms with Gasteiger partial charge >= 0.3 is 0 Å². The van der Waals surface area contributed by atoms with Crippen molar-refractivity contribution < 1.29 is 4.74 Å². The van der Waals surface area contributed by atoms with Crippen molar-refractivity contribution in [1.82, 2.24) is 9.97 Å². The summed E-state index contributed by atoms with van der Waals surface area (Å²) in [5.74, 6) is 0. The average molecular weight is 306 g/mol. The topological polar surface area (TPSA) is 87.7 Å². The number of H-pyrrole nitrogens is 1. The van der Waals surface area contributed by atoms with Gasteiger partial charge in [-0.1, -0.05) is 12.1 Å². The number of anilines is 1. The molecule has 0 radical (unpaired) electrons. The Kier molecular flexibility index (Phi) is 4.00. The molecule has 2 aromatic heterocycles. The average Bonchev–Trinajstić information content (AvgIpc) is 2.99. The number of ether oxygens (including phenoxy) is 1. The number of para-hydroxylation sites is 1. The molecular formula is C18H18N4O. The van der Waals surface area contributed by atoms with Crippen LogP contribution in [0.3, 0.4) is 0 Å². The van der Waals surface area contributed by atoms with Crippen molar-refractivity contribution in [1.29, 1.82) is 5.26 Å². The summed E-state index contributed by atoms with van der Waals surface area (Å²) in [6.45, 7) is 2.56. The van der Waals surface area contributed by atoms with Crippen LogP contribution in [0.15, 0.2) is 30.5 Å². The van der Waals surface area contributed by atoms with E-state index in [1.54, 1.807) is 13.2 Å². The zero-order valence-electron chi connectivity index (χ0n) is 13.2. The van der Waals surface area contributed by atoms with Crippen molar-refractivity contribution in [3.05, 3.63) is 47.3 Å². The molecule has 2 heterocycles. The van der Waals surface area contributed by atoms with E-state index in [0.717, 1.165) is 39.8 Å². The summed E-state index contributed by atoms with van der Waals surface area (Å²) in [6, 6.07) is 9.83. The molecule has 5 nitrogen and oxygen atoms in total. The SMILES string of the molecule is COCCc1cc(C)nc(-c2c[nH]c3c(C#N)cccc23)c1N. The fraction of sp³-hybridized carbons (Fsp3) is 0.222. The maximum absolute atomic E-state index is 9.23. The highest BCUT2D eigenvalue weighted by Crippen LogP contribution is 2.34. The lowest BCUT2D eigenvalue weighted by molar-refractivity contribution is 0.202. The predicted octanol–water partition coefficient (Wildman–Crippen LogP) is 3.18. The van der Waals surface area contributed by atoms with Gasteiger partial charge in [0.15, 0.2) is 0 Å². The standard InChI is InChI=1S/C18H18N4O/c1-11-8-12(6-7-23-2)16(20)18(22-11)15-10-21-17-13(9-19)4-3-5-14(15)17/h3-5,8,10,21H,6-7,20H2,1-2H3. The van der Waals surface area contributed by atoms with Crippen LogP contribution in [0.4, 0.5) is 5.69 Å². The third-order valence-electron chi connectivity index (χ3n) is 3.94. The van der Waals surface area contributed by atoms with E-state index < -0.39 is 0 Å². The van der Waals surface area contributed by atoms with Crippen LogP contribution in [0, 0.1) is 18.3 Å². The van der Waals surface area contributed by atoms with Crippen LogP contribution in [0.2, 0.25) is 0 Å². The number of nitrogen functional groups attached to an aromatic ring is 1. The number of aromatic nitrogens is 2. The third-order valence-corrected chi connectivity index (χ3v) is 3.94. The molecule has 0 amide bonds. The lowest BCUT2D eigenvalue weighted by atomic mass is 10.0. The summed E-state index contributed by atoms with van der Waals surface area (Å²) < 4.78 is 5.15. The molecule has 3 N–H and O–H groups in total. The fourth-order valence-electron chi connectivity index (χ4n) is 2.82. The third kappa shape index (κ3) is 2.65. The minimum Gasteiger partial charge on any atom is -0.397 e. The summed E-state index contributed by atoms with van der Waals surface area (Å²) in [4.78, 5) is 7.79. The maximum Gasteiger partial charge on any atom is 0.101 e. The van der Waals surface area contributed by atoms with E-state index in [9.17, 15) is 5.26 Å². The number of aromatic amines is 1. The minimum absolute atomic E-state index is 0.611. The van der Waals surface area contributed by atoms with Crippen LogP contribution < -0.4 is 5.73 Å². The molecule has 1 aromatic carbocycles. The summed E-state index contributed by atoms with van der Waals surface area (Å²) in [6.07, 6.45) is 2.61. The van der Waals surface area contributed by atoms with Crippen LogP contribution in [0.1, 0.15) is 16.8 Å². The molecule has 3 aromatic rings. The molecule has 5 heteroatoms. The Morgan fingerprint density at radius 2 is 2.22 bits per heavy atom. The molecule has 0 aliphatic rings. The smallest absolute Gasteiger partial charge is 0.101 e. The quantitative estimate of drug-likeness (QED) is 0.775. The molecule has 0 bridgehead atoms. The van der Waals surface area contributed by atoms with Crippen molar-refractivity contribution >= 4 is 16.6 Å². The van der Waals surface area contributed by atoms with E-state index in [2.05, 4.69) is 16.0 Å². The van der Waals surface area contributed by atoms with Gasteiger partial charge in [-0.3, -0.25) is 4.98 Å². The van der Waals surface area contributed by atoms with Crippen molar-refractivity contribution in [3.63, 3.8) is 0 Å². The molecule has 0 saturated heterocycles. The van der Waals surface area contributed by atoms with Gasteiger partial charge in [0, 0.05) is 30.0 Å². The zero-order chi connectivity index (χ0) is 16.4. The van der Waals surface area contributed by atoms with Gasteiger partial charge in [0.05, 0.1) is 29.1 Å². The fourth-order valence-corrected chi connectivity index (χ4v) is 2.82. The summed E-state index contributed by atoms with van der Waals surface area (Å²) in [7, 11) is 1.67. The Hall–Kier alpha value is -2.84. The molecule has 0 aliphatic heterocycles. The number of methoxy groups -OCH3 is 1. The second kappa shape index (κ2) is 6.11. The van der Waals surface area contributed by atoms with Crippen LogP contribution >= 0.6 is 0 Å². The first-order valence-electron chi connectivity index (χ1n) is 7.41. The lowest BCUT2D eigenvalue weighted by Gasteiger charge is -2.11. The van der Waals surface area contributed by atoms with Crippen LogP contribution in [-0.2, 0) is 11.2 Å². The van der Waals surface area contributed by atoms with E-state index in [1.165, 1.54) is 0 Å². The molecule has 0 atom stereocenters. The highest BCUT2D eigenvalue weighted by atomic mass is 16.5.